The Morgan fingerprint density at radius 3 is 2.68 bits per heavy atom. The highest BCUT2D eigenvalue weighted by molar-refractivity contribution is 14.0. The largest absolute Gasteiger partial charge is 0.352 e. The van der Waals surface area contributed by atoms with Crippen molar-refractivity contribution in [1.29, 1.82) is 0 Å². The Hall–Kier alpha value is -2.43. The Morgan fingerprint density at radius 2 is 2.00 bits per heavy atom. The number of para-hydroxylation sites is 1. The Balaban J connectivity index is 0.00000225. The highest BCUT2D eigenvalue weighted by Crippen LogP contribution is 2.13. The van der Waals surface area contributed by atoms with Crippen molar-refractivity contribution < 1.29 is 0 Å². The van der Waals surface area contributed by atoms with Gasteiger partial charge in [-0.1, -0.05) is 18.2 Å². The first-order valence-electron chi connectivity index (χ1n) is 7.61. The van der Waals surface area contributed by atoms with E-state index in [2.05, 4.69) is 42.8 Å². The predicted octanol–water partition coefficient (Wildman–Crippen LogP) is 1.48. The second kappa shape index (κ2) is 9.16. The Kier molecular flexibility index (Phi) is 6.92. The van der Waals surface area contributed by atoms with Crippen LogP contribution in [-0.4, -0.2) is 37.3 Å². The summed E-state index contributed by atoms with van der Waals surface area (Å²) in [4.78, 5) is 12.5. The standard InChI is InChI=1S/C16H20N8.HI/c1-17-16(20-10-15-21-11-22-23(15)2)19-9-13-5-3-4-6-14(13)24-8-7-18-12-24;/h3-8,11-12H,9-10H2,1-2H3,(H2,17,19,20);1H. The van der Waals surface area contributed by atoms with Crippen LogP contribution in [0.15, 0.2) is 54.3 Å². The molecule has 9 heteroatoms. The fraction of sp³-hybridized carbons (Fsp3) is 0.250. The minimum absolute atomic E-state index is 0. The van der Waals surface area contributed by atoms with Crippen LogP contribution in [0.1, 0.15) is 11.4 Å². The molecule has 2 N–H and O–H groups in total. The maximum Gasteiger partial charge on any atom is 0.191 e. The van der Waals surface area contributed by atoms with E-state index in [-0.39, 0.29) is 24.0 Å². The summed E-state index contributed by atoms with van der Waals surface area (Å²) in [6, 6.07) is 8.18. The van der Waals surface area contributed by atoms with Gasteiger partial charge in [0.25, 0.3) is 0 Å². The molecule has 0 aliphatic heterocycles. The van der Waals surface area contributed by atoms with Crippen LogP contribution in [0.4, 0.5) is 0 Å². The molecule has 132 valence electrons. The molecule has 0 bridgehead atoms. The monoisotopic (exact) mass is 452 g/mol. The van der Waals surface area contributed by atoms with Gasteiger partial charge in [0.1, 0.15) is 12.2 Å². The summed E-state index contributed by atoms with van der Waals surface area (Å²) < 4.78 is 3.72. The van der Waals surface area contributed by atoms with Crippen LogP contribution in [0.3, 0.4) is 0 Å². The van der Waals surface area contributed by atoms with E-state index in [0.29, 0.717) is 19.0 Å². The van der Waals surface area contributed by atoms with E-state index in [4.69, 9.17) is 0 Å². The van der Waals surface area contributed by atoms with E-state index >= 15 is 0 Å². The van der Waals surface area contributed by atoms with Gasteiger partial charge in [0.15, 0.2) is 5.96 Å². The third-order valence-electron chi connectivity index (χ3n) is 3.66. The van der Waals surface area contributed by atoms with Gasteiger partial charge in [-0.05, 0) is 11.6 Å². The summed E-state index contributed by atoms with van der Waals surface area (Å²) in [6.07, 6.45) is 7.03. The van der Waals surface area contributed by atoms with Crippen molar-refractivity contribution in [3.63, 3.8) is 0 Å². The lowest BCUT2D eigenvalue weighted by Gasteiger charge is -2.14. The number of guanidine groups is 1. The lowest BCUT2D eigenvalue weighted by molar-refractivity contribution is 0.672. The van der Waals surface area contributed by atoms with Crippen LogP contribution in [0.25, 0.3) is 5.69 Å². The molecule has 25 heavy (non-hydrogen) atoms. The molecule has 0 atom stereocenters. The van der Waals surface area contributed by atoms with Crippen molar-refractivity contribution in [3.05, 3.63) is 60.7 Å². The molecule has 2 heterocycles. The van der Waals surface area contributed by atoms with Gasteiger partial charge in [-0.3, -0.25) is 9.67 Å². The maximum atomic E-state index is 4.24. The SMILES string of the molecule is CN=C(NCc1ccccc1-n1ccnc1)NCc1ncnn1C.I. The summed E-state index contributed by atoms with van der Waals surface area (Å²) in [6.45, 7) is 1.20. The summed E-state index contributed by atoms with van der Waals surface area (Å²) in [5.41, 5.74) is 2.24. The first-order chi connectivity index (χ1) is 11.8. The van der Waals surface area contributed by atoms with Gasteiger partial charge in [-0.25, -0.2) is 9.97 Å². The van der Waals surface area contributed by atoms with Crippen molar-refractivity contribution in [3.8, 4) is 5.69 Å². The molecular weight excluding hydrogens is 431 g/mol. The summed E-state index contributed by atoms with van der Waals surface area (Å²) in [5.74, 6) is 1.55. The van der Waals surface area contributed by atoms with Gasteiger partial charge in [0.05, 0.1) is 18.6 Å². The average molecular weight is 452 g/mol. The maximum absolute atomic E-state index is 4.24. The highest BCUT2D eigenvalue weighted by Gasteiger charge is 2.06. The van der Waals surface area contributed by atoms with Crippen molar-refractivity contribution in [1.82, 2.24) is 34.9 Å². The van der Waals surface area contributed by atoms with Gasteiger partial charge in [-0.2, -0.15) is 5.10 Å². The lowest BCUT2D eigenvalue weighted by Crippen LogP contribution is -2.37. The van der Waals surface area contributed by atoms with Gasteiger partial charge < -0.3 is 15.2 Å². The minimum atomic E-state index is 0. The van der Waals surface area contributed by atoms with Gasteiger partial charge in [-0.15, -0.1) is 24.0 Å². The zero-order valence-electron chi connectivity index (χ0n) is 14.1. The smallest absolute Gasteiger partial charge is 0.191 e. The second-order valence-electron chi connectivity index (χ2n) is 5.18. The molecule has 0 spiro atoms. The van der Waals surface area contributed by atoms with E-state index in [9.17, 15) is 0 Å². The molecule has 0 saturated heterocycles. The number of aromatic nitrogens is 5. The number of hydrogen-bond donors (Lipinski definition) is 2. The van der Waals surface area contributed by atoms with E-state index in [1.165, 1.54) is 6.33 Å². The lowest BCUT2D eigenvalue weighted by atomic mass is 10.1. The molecule has 0 saturated carbocycles. The fourth-order valence-corrected chi connectivity index (χ4v) is 2.36. The normalized spacial score (nSPS) is 11.0. The summed E-state index contributed by atoms with van der Waals surface area (Å²) >= 11 is 0. The first-order valence-corrected chi connectivity index (χ1v) is 7.61. The Morgan fingerprint density at radius 1 is 1.20 bits per heavy atom. The number of imidazole rings is 1. The molecule has 0 amide bonds. The molecule has 3 rings (SSSR count). The molecule has 0 fully saturated rings. The third kappa shape index (κ3) is 4.78. The molecule has 0 aliphatic carbocycles. The van der Waals surface area contributed by atoms with Gasteiger partial charge >= 0.3 is 0 Å². The molecule has 8 nitrogen and oxygen atoms in total. The number of hydrogen-bond acceptors (Lipinski definition) is 4. The average Bonchev–Trinajstić information content (AvgIpc) is 3.27. The molecule has 3 aromatic rings. The van der Waals surface area contributed by atoms with Crippen molar-refractivity contribution >= 4 is 29.9 Å². The zero-order valence-corrected chi connectivity index (χ0v) is 16.5. The Labute approximate surface area is 163 Å². The topological polar surface area (TPSA) is 84.9 Å². The van der Waals surface area contributed by atoms with Crippen LogP contribution in [0.5, 0.6) is 0 Å². The van der Waals surface area contributed by atoms with Crippen LogP contribution in [-0.2, 0) is 20.1 Å². The summed E-state index contributed by atoms with van der Waals surface area (Å²) in [7, 11) is 3.61. The molecule has 0 unspecified atom stereocenters. The first kappa shape index (κ1) is 18.9. The van der Waals surface area contributed by atoms with Crippen molar-refractivity contribution in [2.45, 2.75) is 13.1 Å². The number of aliphatic imine (C=N–C) groups is 1. The number of benzene rings is 1. The number of rotatable bonds is 5. The second-order valence-corrected chi connectivity index (χ2v) is 5.18. The van der Waals surface area contributed by atoms with E-state index < -0.39 is 0 Å². The van der Waals surface area contributed by atoms with Gasteiger partial charge in [0, 0.05) is 33.0 Å². The quantitative estimate of drug-likeness (QED) is 0.348. The van der Waals surface area contributed by atoms with Crippen molar-refractivity contribution in [2.24, 2.45) is 12.0 Å². The molecular formula is C16H21IN8. The highest BCUT2D eigenvalue weighted by atomic mass is 127. The third-order valence-corrected chi connectivity index (χ3v) is 3.66. The number of nitrogens with one attached hydrogen (secondary N) is 2. The molecule has 2 aromatic heterocycles. The van der Waals surface area contributed by atoms with E-state index in [1.807, 2.05) is 29.9 Å². The van der Waals surface area contributed by atoms with Crippen molar-refractivity contribution in [2.75, 3.05) is 7.05 Å². The van der Waals surface area contributed by atoms with Crippen LogP contribution in [0, 0.1) is 0 Å². The molecule has 0 radical (unpaired) electrons. The van der Waals surface area contributed by atoms with Gasteiger partial charge in [0.2, 0.25) is 0 Å². The summed E-state index contributed by atoms with van der Waals surface area (Å²) in [5, 5.41) is 10.6. The van der Waals surface area contributed by atoms with Crippen LogP contribution < -0.4 is 10.6 Å². The van der Waals surface area contributed by atoms with Crippen LogP contribution >= 0.6 is 24.0 Å². The van der Waals surface area contributed by atoms with E-state index in [0.717, 1.165) is 17.1 Å². The molecule has 0 aliphatic rings. The van der Waals surface area contributed by atoms with Crippen LogP contribution in [0.2, 0.25) is 0 Å². The number of nitrogens with zero attached hydrogens (tertiary/aromatic N) is 6. The fourth-order valence-electron chi connectivity index (χ4n) is 2.36. The number of halogens is 1. The minimum Gasteiger partial charge on any atom is -0.352 e. The number of aryl methyl sites for hydroxylation is 1. The predicted molar refractivity (Wildman–Crippen MR) is 107 cm³/mol. The van der Waals surface area contributed by atoms with E-state index in [1.54, 1.807) is 24.3 Å². The Bertz CT molecular complexity index is 809. The zero-order chi connectivity index (χ0) is 16.8. The molecule has 1 aromatic carbocycles.